The van der Waals surface area contributed by atoms with E-state index in [1.807, 2.05) is 12.1 Å². The van der Waals surface area contributed by atoms with E-state index in [0.717, 1.165) is 5.56 Å². The minimum Gasteiger partial charge on any atom is -0.495 e. The second-order valence-corrected chi connectivity index (χ2v) is 6.51. The molecule has 0 saturated heterocycles. The number of anilines is 1. The second-order valence-electron chi connectivity index (χ2n) is 5.64. The Morgan fingerprint density at radius 1 is 1.08 bits per heavy atom. The van der Waals surface area contributed by atoms with Gasteiger partial charge < -0.3 is 15.0 Å². The predicted octanol–water partition coefficient (Wildman–Crippen LogP) is 4.06. The molecule has 0 atom stereocenters. The summed E-state index contributed by atoms with van der Waals surface area (Å²) in [5, 5.41) is 3.96. The van der Waals surface area contributed by atoms with E-state index in [2.05, 4.69) is 5.32 Å². The number of amides is 2. The van der Waals surface area contributed by atoms with Gasteiger partial charge in [0.1, 0.15) is 5.75 Å². The lowest BCUT2D eigenvalue weighted by Crippen LogP contribution is -2.34. The molecule has 0 heterocycles. The third-order valence-corrected chi connectivity index (χ3v) is 4.26. The number of methoxy groups -OCH3 is 1. The van der Waals surface area contributed by atoms with Crippen LogP contribution < -0.4 is 15.0 Å². The molecule has 1 N–H and O–H groups in total. The number of nitrogens with zero attached hydrogens (tertiary/aromatic N) is 1. The molecule has 0 aliphatic heterocycles. The molecule has 2 amide bonds. The van der Waals surface area contributed by atoms with Crippen LogP contribution >= 0.6 is 23.2 Å². The number of halogens is 2. The molecule has 0 bridgehead atoms. The van der Waals surface area contributed by atoms with Gasteiger partial charge >= 0.3 is 0 Å². The Morgan fingerprint density at radius 2 is 1.73 bits per heavy atom. The molecular weight excluding hydrogens is 375 g/mol. The molecule has 2 aromatic carbocycles. The van der Waals surface area contributed by atoms with E-state index < -0.39 is 0 Å². The minimum absolute atomic E-state index is 0.156. The van der Waals surface area contributed by atoms with Gasteiger partial charge in [-0.05, 0) is 35.9 Å². The normalized spacial score (nSPS) is 10.3. The first-order valence-electron chi connectivity index (χ1n) is 8.03. The van der Waals surface area contributed by atoms with Crippen LogP contribution in [0.2, 0.25) is 10.0 Å². The van der Waals surface area contributed by atoms with Gasteiger partial charge in [0.25, 0.3) is 0 Å². The second kappa shape index (κ2) is 9.46. The fourth-order valence-corrected chi connectivity index (χ4v) is 2.72. The fraction of sp³-hybridized carbons (Fsp3) is 0.263. The highest BCUT2D eigenvalue weighted by Crippen LogP contribution is 2.31. The molecule has 5 nitrogen and oxygen atoms in total. The average Bonchev–Trinajstić information content (AvgIpc) is 2.61. The smallest absolute Gasteiger partial charge is 0.223 e. The number of ether oxygens (including phenoxy) is 1. The number of benzene rings is 2. The number of hydrogen-bond donors (Lipinski definition) is 1. The quantitative estimate of drug-likeness (QED) is 0.769. The van der Waals surface area contributed by atoms with Gasteiger partial charge in [-0.1, -0.05) is 35.3 Å². The first kappa shape index (κ1) is 20.1. The Kier molecular flexibility index (Phi) is 7.30. The van der Waals surface area contributed by atoms with Crippen LogP contribution in [0.25, 0.3) is 0 Å². The van der Waals surface area contributed by atoms with E-state index in [-0.39, 0.29) is 24.8 Å². The number of nitrogens with one attached hydrogen (secondary N) is 1. The zero-order chi connectivity index (χ0) is 19.1. The van der Waals surface area contributed by atoms with Crippen molar-refractivity contribution in [3.63, 3.8) is 0 Å². The summed E-state index contributed by atoms with van der Waals surface area (Å²) in [4.78, 5) is 25.6. The standard InChI is InChI=1S/C19H20Cl2N2O3/c1-13(24)23(17-11-16(21)7-8-18(17)26-2)10-9-19(25)22-12-14-3-5-15(20)6-4-14/h3-8,11H,9-10,12H2,1-2H3,(H,22,25). The van der Waals surface area contributed by atoms with Gasteiger partial charge in [-0.2, -0.15) is 0 Å². The van der Waals surface area contributed by atoms with E-state index in [0.29, 0.717) is 28.0 Å². The van der Waals surface area contributed by atoms with Crippen molar-refractivity contribution in [1.82, 2.24) is 5.32 Å². The van der Waals surface area contributed by atoms with Crippen LogP contribution in [0.3, 0.4) is 0 Å². The zero-order valence-corrected chi connectivity index (χ0v) is 16.1. The first-order valence-corrected chi connectivity index (χ1v) is 8.79. The molecular formula is C19H20Cl2N2O3. The Balaban J connectivity index is 1.98. The van der Waals surface area contributed by atoms with Gasteiger partial charge in [-0.3, -0.25) is 9.59 Å². The largest absolute Gasteiger partial charge is 0.495 e. The molecule has 138 valence electrons. The molecule has 0 unspecified atom stereocenters. The average molecular weight is 395 g/mol. The summed E-state index contributed by atoms with van der Waals surface area (Å²) in [6, 6.07) is 12.3. The first-order chi connectivity index (χ1) is 12.4. The molecule has 0 saturated carbocycles. The van der Waals surface area contributed by atoms with Gasteiger partial charge in [-0.25, -0.2) is 0 Å². The Morgan fingerprint density at radius 3 is 2.35 bits per heavy atom. The predicted molar refractivity (Wildman–Crippen MR) is 104 cm³/mol. The van der Waals surface area contributed by atoms with Crippen molar-refractivity contribution in [2.45, 2.75) is 19.9 Å². The Labute approximate surface area is 162 Å². The number of carbonyl (C=O) groups excluding carboxylic acids is 2. The van der Waals surface area contributed by atoms with Crippen LogP contribution in [0.5, 0.6) is 5.75 Å². The molecule has 2 aromatic rings. The van der Waals surface area contributed by atoms with Crippen molar-refractivity contribution in [3.8, 4) is 5.75 Å². The number of rotatable bonds is 7. The number of carbonyl (C=O) groups is 2. The lowest BCUT2D eigenvalue weighted by atomic mass is 10.2. The van der Waals surface area contributed by atoms with E-state index in [4.69, 9.17) is 27.9 Å². The van der Waals surface area contributed by atoms with E-state index in [1.54, 1.807) is 30.3 Å². The van der Waals surface area contributed by atoms with E-state index in [9.17, 15) is 9.59 Å². The molecule has 0 fully saturated rings. The highest BCUT2D eigenvalue weighted by Gasteiger charge is 2.18. The highest BCUT2D eigenvalue weighted by molar-refractivity contribution is 6.31. The third-order valence-electron chi connectivity index (χ3n) is 3.78. The van der Waals surface area contributed by atoms with Crippen molar-refractivity contribution < 1.29 is 14.3 Å². The maximum absolute atomic E-state index is 12.1. The van der Waals surface area contributed by atoms with E-state index >= 15 is 0 Å². The van der Waals surface area contributed by atoms with Crippen LogP contribution in [0.1, 0.15) is 18.9 Å². The molecule has 0 aliphatic carbocycles. The third kappa shape index (κ3) is 5.64. The summed E-state index contributed by atoms with van der Waals surface area (Å²) in [6.07, 6.45) is 0.156. The summed E-state index contributed by atoms with van der Waals surface area (Å²) in [5.74, 6) is 0.162. The van der Waals surface area contributed by atoms with Gasteiger partial charge in [0.05, 0.1) is 12.8 Å². The van der Waals surface area contributed by atoms with Crippen LogP contribution in [-0.4, -0.2) is 25.5 Å². The van der Waals surface area contributed by atoms with Crippen LogP contribution in [0, 0.1) is 0 Å². The summed E-state index contributed by atoms with van der Waals surface area (Å²) in [7, 11) is 1.52. The summed E-state index contributed by atoms with van der Waals surface area (Å²) < 4.78 is 5.29. The number of hydrogen-bond acceptors (Lipinski definition) is 3. The van der Waals surface area contributed by atoms with Crippen molar-refractivity contribution in [3.05, 3.63) is 58.1 Å². The molecule has 0 aromatic heterocycles. The fourth-order valence-electron chi connectivity index (χ4n) is 2.43. The van der Waals surface area contributed by atoms with Gasteiger partial charge in [0.2, 0.25) is 11.8 Å². The summed E-state index contributed by atoms with van der Waals surface area (Å²) in [6.45, 7) is 2.06. The van der Waals surface area contributed by atoms with Gasteiger partial charge in [-0.15, -0.1) is 0 Å². The molecule has 0 aliphatic rings. The van der Waals surface area contributed by atoms with Crippen LogP contribution in [0.15, 0.2) is 42.5 Å². The molecule has 2 rings (SSSR count). The monoisotopic (exact) mass is 394 g/mol. The highest BCUT2D eigenvalue weighted by atomic mass is 35.5. The van der Waals surface area contributed by atoms with Crippen molar-refractivity contribution >= 4 is 40.7 Å². The summed E-state index contributed by atoms with van der Waals surface area (Å²) >= 11 is 11.9. The maximum Gasteiger partial charge on any atom is 0.223 e. The van der Waals surface area contributed by atoms with Gasteiger partial charge in [0.15, 0.2) is 0 Å². The zero-order valence-electron chi connectivity index (χ0n) is 14.6. The molecule has 0 radical (unpaired) electrons. The summed E-state index contributed by atoms with van der Waals surface area (Å²) in [5.41, 5.74) is 1.49. The topological polar surface area (TPSA) is 58.6 Å². The Hall–Kier alpha value is -2.24. The lowest BCUT2D eigenvalue weighted by Gasteiger charge is -2.23. The van der Waals surface area contributed by atoms with Crippen LogP contribution in [-0.2, 0) is 16.1 Å². The van der Waals surface area contributed by atoms with Crippen molar-refractivity contribution in [2.75, 3.05) is 18.6 Å². The van der Waals surface area contributed by atoms with Crippen molar-refractivity contribution in [1.29, 1.82) is 0 Å². The minimum atomic E-state index is -0.198. The molecule has 26 heavy (non-hydrogen) atoms. The molecule has 7 heteroatoms. The van der Waals surface area contributed by atoms with Crippen LogP contribution in [0.4, 0.5) is 5.69 Å². The van der Waals surface area contributed by atoms with Crippen molar-refractivity contribution in [2.24, 2.45) is 0 Å². The SMILES string of the molecule is COc1ccc(Cl)cc1N(CCC(=O)NCc1ccc(Cl)cc1)C(C)=O. The van der Waals surface area contributed by atoms with E-state index in [1.165, 1.54) is 18.9 Å². The Bertz CT molecular complexity index is 779. The lowest BCUT2D eigenvalue weighted by molar-refractivity contribution is -0.121. The molecule has 0 spiro atoms. The maximum atomic E-state index is 12.1. The van der Waals surface area contributed by atoms with Gasteiger partial charge in [0, 0.05) is 36.5 Å².